The second-order valence-corrected chi connectivity index (χ2v) is 8.12. The molecule has 0 radical (unpaired) electrons. The zero-order valence-electron chi connectivity index (χ0n) is 18.5. The number of hydrogen-bond acceptors (Lipinski definition) is 5. The number of carbonyl (C=O) groups is 1. The normalized spacial score (nSPS) is 12.3. The van der Waals surface area contributed by atoms with Crippen molar-refractivity contribution < 1.29 is 28.6 Å². The number of methoxy groups -OCH3 is 2. The van der Waals surface area contributed by atoms with Crippen molar-refractivity contribution >= 4 is 5.97 Å². The van der Waals surface area contributed by atoms with Crippen LogP contribution in [-0.2, 0) is 22.4 Å². The van der Waals surface area contributed by atoms with Crippen molar-refractivity contribution in [3.8, 4) is 11.5 Å². The Morgan fingerprint density at radius 3 is 2.07 bits per heavy atom. The molecule has 30 heavy (non-hydrogen) atoms. The molecule has 2 aromatic rings. The summed E-state index contributed by atoms with van der Waals surface area (Å²) in [6.07, 6.45) is 1.36. The molecule has 0 bridgehead atoms. The van der Waals surface area contributed by atoms with Crippen LogP contribution in [0.1, 0.15) is 17.5 Å². The van der Waals surface area contributed by atoms with E-state index in [1.165, 1.54) is 12.7 Å². The highest BCUT2D eigenvalue weighted by Gasteiger charge is 2.21. The number of aryl methyl sites for hydroxylation is 1. The van der Waals surface area contributed by atoms with Gasteiger partial charge < -0.3 is 23.8 Å². The van der Waals surface area contributed by atoms with Crippen LogP contribution in [0.5, 0.6) is 11.5 Å². The molecule has 6 heteroatoms. The molecule has 0 heterocycles. The van der Waals surface area contributed by atoms with Gasteiger partial charge in [0.25, 0.3) is 0 Å². The molecule has 0 saturated heterocycles. The quantitative estimate of drug-likeness (QED) is 0.426. The minimum atomic E-state index is -0.560. The Hall–Kier alpha value is -2.57. The third-order valence-corrected chi connectivity index (χ3v) is 5.08. The van der Waals surface area contributed by atoms with E-state index in [2.05, 4.69) is 31.0 Å². The van der Waals surface area contributed by atoms with Gasteiger partial charge in [-0.25, -0.2) is 0 Å². The summed E-state index contributed by atoms with van der Waals surface area (Å²) in [6.45, 7) is 1.76. The number of aliphatic hydroxyl groups is 1. The van der Waals surface area contributed by atoms with Crippen molar-refractivity contribution in [2.45, 2.75) is 25.4 Å². The number of benzene rings is 2. The number of ether oxygens (including phenoxy) is 3. The van der Waals surface area contributed by atoms with E-state index < -0.39 is 6.10 Å². The molecular weight excluding hydrogens is 382 g/mol. The summed E-state index contributed by atoms with van der Waals surface area (Å²) >= 11 is 0. The van der Waals surface area contributed by atoms with Crippen LogP contribution in [0, 0.1) is 0 Å². The van der Waals surface area contributed by atoms with Gasteiger partial charge in [-0.05, 0) is 41.8 Å². The van der Waals surface area contributed by atoms with E-state index in [1.807, 2.05) is 36.4 Å². The molecule has 1 unspecified atom stereocenters. The number of nitrogens with zero attached hydrogens (tertiary/aromatic N) is 1. The van der Waals surface area contributed by atoms with Crippen molar-refractivity contribution in [3.63, 3.8) is 0 Å². The van der Waals surface area contributed by atoms with Gasteiger partial charge in [0.1, 0.15) is 30.8 Å². The summed E-state index contributed by atoms with van der Waals surface area (Å²) in [6, 6.07) is 15.7. The van der Waals surface area contributed by atoms with E-state index in [-0.39, 0.29) is 12.6 Å². The maximum absolute atomic E-state index is 11.2. The van der Waals surface area contributed by atoms with Crippen LogP contribution in [0.3, 0.4) is 0 Å². The first kappa shape index (κ1) is 23.7. The molecule has 0 aliphatic carbocycles. The molecule has 0 spiro atoms. The highest BCUT2D eigenvalue weighted by Crippen LogP contribution is 2.15. The lowest BCUT2D eigenvalue weighted by molar-refractivity contribution is -0.893. The maximum Gasteiger partial charge on any atom is 0.305 e. The van der Waals surface area contributed by atoms with Crippen LogP contribution < -0.4 is 9.47 Å². The number of esters is 1. The van der Waals surface area contributed by atoms with Crippen LogP contribution >= 0.6 is 0 Å². The number of rotatable bonds is 12. The van der Waals surface area contributed by atoms with Crippen molar-refractivity contribution in [2.24, 2.45) is 0 Å². The fourth-order valence-electron chi connectivity index (χ4n) is 3.23. The number of likely N-dealkylation sites (N-methyl/N-ethyl adjacent to an activating group) is 1. The van der Waals surface area contributed by atoms with Crippen LogP contribution in [0.4, 0.5) is 0 Å². The van der Waals surface area contributed by atoms with E-state index >= 15 is 0 Å². The zero-order chi connectivity index (χ0) is 22.0. The van der Waals surface area contributed by atoms with Crippen molar-refractivity contribution in [1.29, 1.82) is 0 Å². The summed E-state index contributed by atoms with van der Waals surface area (Å²) in [7, 11) is 7.29. The van der Waals surface area contributed by atoms with Crippen LogP contribution in [-0.4, -0.2) is 69.7 Å². The first-order chi connectivity index (χ1) is 14.3. The molecule has 0 amide bonds. The third kappa shape index (κ3) is 8.43. The summed E-state index contributed by atoms with van der Waals surface area (Å²) in [5.41, 5.74) is 2.30. The Morgan fingerprint density at radius 2 is 1.50 bits per heavy atom. The van der Waals surface area contributed by atoms with Gasteiger partial charge >= 0.3 is 5.97 Å². The first-order valence-corrected chi connectivity index (χ1v) is 10.2. The Bertz CT molecular complexity index is 771. The van der Waals surface area contributed by atoms with E-state index in [0.717, 1.165) is 24.3 Å². The van der Waals surface area contributed by atoms with Gasteiger partial charge in [-0.2, -0.15) is 0 Å². The number of quaternary nitrogens is 1. The summed E-state index contributed by atoms with van der Waals surface area (Å²) < 4.78 is 16.3. The average Bonchev–Trinajstić information content (AvgIpc) is 2.75. The monoisotopic (exact) mass is 416 g/mol. The fourth-order valence-corrected chi connectivity index (χ4v) is 3.23. The standard InChI is InChI=1S/C24H34NO5/c1-25(2,16-15-20-5-10-22(28-3)11-6-20)17-21(26)18-30-23-12-7-19(8-13-23)9-14-24(27)29-4/h5-8,10-13,21,26H,9,14-18H2,1-4H3/q+1. The lowest BCUT2D eigenvalue weighted by atomic mass is 10.1. The van der Waals surface area contributed by atoms with Crippen molar-refractivity contribution in [1.82, 2.24) is 0 Å². The van der Waals surface area contributed by atoms with E-state index in [9.17, 15) is 9.90 Å². The second kappa shape index (κ2) is 11.6. The third-order valence-electron chi connectivity index (χ3n) is 5.08. The predicted molar refractivity (Wildman–Crippen MR) is 117 cm³/mol. The SMILES string of the molecule is COC(=O)CCc1ccc(OCC(O)C[N+](C)(C)CCc2ccc(OC)cc2)cc1. The molecule has 0 saturated carbocycles. The molecular formula is C24H34NO5+. The van der Waals surface area contributed by atoms with Crippen LogP contribution in [0.25, 0.3) is 0 Å². The maximum atomic E-state index is 11.2. The lowest BCUT2D eigenvalue weighted by Crippen LogP contribution is -2.48. The molecule has 0 fully saturated rings. The molecule has 0 aromatic heterocycles. The van der Waals surface area contributed by atoms with Crippen molar-refractivity contribution in [2.75, 3.05) is 48.0 Å². The van der Waals surface area contributed by atoms with Crippen LogP contribution in [0.2, 0.25) is 0 Å². The minimum Gasteiger partial charge on any atom is -0.497 e. The molecule has 1 atom stereocenters. The lowest BCUT2D eigenvalue weighted by Gasteiger charge is -2.32. The predicted octanol–water partition coefficient (Wildman–Crippen LogP) is 2.86. The van der Waals surface area contributed by atoms with E-state index in [0.29, 0.717) is 29.6 Å². The van der Waals surface area contributed by atoms with Gasteiger partial charge in [-0.3, -0.25) is 4.79 Å². The Kier molecular flexibility index (Phi) is 9.15. The van der Waals surface area contributed by atoms with Crippen LogP contribution in [0.15, 0.2) is 48.5 Å². The average molecular weight is 417 g/mol. The van der Waals surface area contributed by atoms with E-state index in [4.69, 9.17) is 9.47 Å². The first-order valence-electron chi connectivity index (χ1n) is 10.2. The Labute approximate surface area is 179 Å². The molecule has 164 valence electrons. The Balaban J connectivity index is 1.74. The molecule has 0 aliphatic heterocycles. The van der Waals surface area contributed by atoms with Gasteiger partial charge in [0.2, 0.25) is 0 Å². The van der Waals surface area contributed by atoms with Gasteiger partial charge in [-0.1, -0.05) is 24.3 Å². The number of hydrogen-bond donors (Lipinski definition) is 1. The highest BCUT2D eigenvalue weighted by atomic mass is 16.5. The van der Waals surface area contributed by atoms with Crippen molar-refractivity contribution in [3.05, 3.63) is 59.7 Å². The van der Waals surface area contributed by atoms with Gasteiger partial charge in [0, 0.05) is 12.8 Å². The molecule has 1 N–H and O–H groups in total. The largest absolute Gasteiger partial charge is 0.497 e. The van der Waals surface area contributed by atoms with Gasteiger partial charge in [-0.15, -0.1) is 0 Å². The number of carbonyl (C=O) groups excluding carboxylic acids is 1. The fraction of sp³-hybridized carbons (Fsp3) is 0.458. The zero-order valence-corrected chi connectivity index (χ0v) is 18.5. The number of aliphatic hydroxyl groups excluding tert-OH is 1. The smallest absolute Gasteiger partial charge is 0.305 e. The van der Waals surface area contributed by atoms with Gasteiger partial charge in [0.05, 0.1) is 34.9 Å². The summed E-state index contributed by atoms with van der Waals surface area (Å²) in [5.74, 6) is 1.35. The molecule has 6 nitrogen and oxygen atoms in total. The van der Waals surface area contributed by atoms with Gasteiger partial charge in [0.15, 0.2) is 0 Å². The topological polar surface area (TPSA) is 65.0 Å². The summed E-state index contributed by atoms with van der Waals surface area (Å²) in [4.78, 5) is 11.2. The molecule has 0 aliphatic rings. The molecule has 2 rings (SSSR count). The minimum absolute atomic E-state index is 0.217. The second-order valence-electron chi connectivity index (χ2n) is 8.12. The highest BCUT2D eigenvalue weighted by molar-refractivity contribution is 5.69. The Morgan fingerprint density at radius 1 is 0.933 bits per heavy atom. The summed E-state index contributed by atoms with van der Waals surface area (Å²) in [5, 5.41) is 10.4. The van der Waals surface area contributed by atoms with E-state index in [1.54, 1.807) is 7.11 Å². The molecule has 2 aromatic carbocycles.